The number of pyridine rings is 1. The molecule has 8 heteroatoms. The molecule has 0 atom stereocenters. The summed E-state index contributed by atoms with van der Waals surface area (Å²) in [5, 5.41) is 11.7. The van der Waals surface area contributed by atoms with Crippen molar-refractivity contribution in [1.82, 2.24) is 29.5 Å². The van der Waals surface area contributed by atoms with E-state index in [0.717, 1.165) is 37.4 Å². The second kappa shape index (κ2) is 7.47. The molecule has 1 fully saturated rings. The fourth-order valence-electron chi connectivity index (χ4n) is 3.36. The third-order valence-electron chi connectivity index (χ3n) is 4.74. The molecule has 1 saturated heterocycles. The summed E-state index contributed by atoms with van der Waals surface area (Å²) in [4.78, 5) is 22.5. The molecular weight excluding hydrogens is 330 g/mol. The molecule has 4 rings (SSSR count). The van der Waals surface area contributed by atoms with Gasteiger partial charge < -0.3 is 10.2 Å². The normalized spacial score (nSPS) is 15.3. The van der Waals surface area contributed by atoms with Crippen molar-refractivity contribution in [3.63, 3.8) is 0 Å². The summed E-state index contributed by atoms with van der Waals surface area (Å²) < 4.78 is 2.05. The van der Waals surface area contributed by atoms with Gasteiger partial charge in [0.2, 0.25) is 11.9 Å². The van der Waals surface area contributed by atoms with E-state index in [9.17, 15) is 4.79 Å². The molecule has 0 spiro atoms. The van der Waals surface area contributed by atoms with Gasteiger partial charge in [-0.05, 0) is 31.0 Å². The topological polar surface area (TPSA) is 88.3 Å². The number of hydrogen-bond donors (Lipinski definition) is 1. The number of anilines is 1. The second-order valence-corrected chi connectivity index (χ2v) is 6.39. The van der Waals surface area contributed by atoms with E-state index in [0.29, 0.717) is 24.8 Å². The number of carbonyl (C=O) groups is 1. The van der Waals surface area contributed by atoms with Crippen LogP contribution in [0.1, 0.15) is 31.0 Å². The summed E-state index contributed by atoms with van der Waals surface area (Å²) in [5.41, 5.74) is 0.871. The quantitative estimate of drug-likeness (QED) is 0.753. The van der Waals surface area contributed by atoms with E-state index >= 15 is 0 Å². The molecular formula is C18H21N7O. The van der Waals surface area contributed by atoms with Crippen LogP contribution >= 0.6 is 0 Å². The number of hydrogen-bond acceptors (Lipinski definition) is 6. The highest BCUT2D eigenvalue weighted by Gasteiger charge is 2.26. The number of fused-ring (bicyclic) bond motifs is 1. The van der Waals surface area contributed by atoms with Crippen LogP contribution in [0.2, 0.25) is 0 Å². The predicted molar refractivity (Wildman–Crippen MR) is 96.7 cm³/mol. The summed E-state index contributed by atoms with van der Waals surface area (Å²) in [5.74, 6) is 2.05. The van der Waals surface area contributed by atoms with Crippen LogP contribution in [0.3, 0.4) is 0 Å². The second-order valence-electron chi connectivity index (χ2n) is 6.39. The van der Waals surface area contributed by atoms with Crippen molar-refractivity contribution >= 4 is 17.5 Å². The van der Waals surface area contributed by atoms with Gasteiger partial charge in [-0.1, -0.05) is 6.07 Å². The van der Waals surface area contributed by atoms with Gasteiger partial charge in [-0.2, -0.15) is 0 Å². The molecule has 134 valence electrons. The van der Waals surface area contributed by atoms with Crippen LogP contribution in [0, 0.1) is 0 Å². The average molecular weight is 351 g/mol. The Morgan fingerprint density at radius 3 is 2.73 bits per heavy atom. The lowest BCUT2D eigenvalue weighted by atomic mass is 9.96. The van der Waals surface area contributed by atoms with E-state index in [1.807, 2.05) is 33.7 Å². The monoisotopic (exact) mass is 351 g/mol. The van der Waals surface area contributed by atoms with Crippen molar-refractivity contribution in [2.75, 3.05) is 25.0 Å². The molecule has 1 N–H and O–H groups in total. The van der Waals surface area contributed by atoms with Crippen LogP contribution in [0.25, 0.3) is 5.65 Å². The Balaban J connectivity index is 1.28. The Morgan fingerprint density at radius 2 is 1.92 bits per heavy atom. The van der Waals surface area contributed by atoms with Crippen LogP contribution in [0.15, 0.2) is 42.9 Å². The highest BCUT2D eigenvalue weighted by Crippen LogP contribution is 2.27. The fourth-order valence-corrected chi connectivity index (χ4v) is 3.36. The molecule has 3 aromatic heterocycles. The zero-order chi connectivity index (χ0) is 17.8. The van der Waals surface area contributed by atoms with E-state index < -0.39 is 0 Å². The minimum atomic E-state index is 0.165. The lowest BCUT2D eigenvalue weighted by Crippen LogP contribution is -2.38. The Labute approximate surface area is 151 Å². The smallest absolute Gasteiger partial charge is 0.224 e. The zero-order valence-electron chi connectivity index (χ0n) is 14.5. The first-order valence-corrected chi connectivity index (χ1v) is 8.89. The highest BCUT2D eigenvalue weighted by atomic mass is 16.2. The van der Waals surface area contributed by atoms with Crippen molar-refractivity contribution in [1.29, 1.82) is 0 Å². The van der Waals surface area contributed by atoms with Crippen molar-refractivity contribution in [2.24, 2.45) is 0 Å². The summed E-state index contributed by atoms with van der Waals surface area (Å²) in [7, 11) is 0. The van der Waals surface area contributed by atoms with Crippen molar-refractivity contribution < 1.29 is 4.79 Å². The zero-order valence-corrected chi connectivity index (χ0v) is 14.5. The van der Waals surface area contributed by atoms with Gasteiger partial charge in [-0.25, -0.2) is 9.97 Å². The van der Waals surface area contributed by atoms with E-state index in [-0.39, 0.29) is 5.91 Å². The van der Waals surface area contributed by atoms with E-state index in [4.69, 9.17) is 0 Å². The summed E-state index contributed by atoms with van der Waals surface area (Å²) >= 11 is 0. The molecule has 0 aromatic carbocycles. The number of likely N-dealkylation sites (tertiary alicyclic amines) is 1. The molecule has 3 aromatic rings. The summed E-state index contributed by atoms with van der Waals surface area (Å²) in [6.45, 7) is 2.05. The number of aromatic nitrogens is 5. The molecule has 0 saturated carbocycles. The number of piperidine rings is 1. The molecule has 1 aliphatic heterocycles. The van der Waals surface area contributed by atoms with Gasteiger partial charge in [-0.3, -0.25) is 9.20 Å². The van der Waals surface area contributed by atoms with Crippen molar-refractivity contribution in [3.05, 3.63) is 48.7 Å². The Kier molecular flexibility index (Phi) is 4.72. The minimum Gasteiger partial charge on any atom is -0.354 e. The lowest BCUT2D eigenvalue weighted by molar-refractivity contribution is -0.132. The Bertz CT molecular complexity index is 871. The Morgan fingerprint density at radius 1 is 1.12 bits per heavy atom. The number of amides is 1. The van der Waals surface area contributed by atoms with Gasteiger partial charge in [0.05, 0.1) is 0 Å². The molecule has 0 unspecified atom stereocenters. The number of nitrogens with zero attached hydrogens (tertiary/aromatic N) is 6. The van der Waals surface area contributed by atoms with Crippen LogP contribution < -0.4 is 5.32 Å². The van der Waals surface area contributed by atoms with Gasteiger partial charge in [0.15, 0.2) is 5.65 Å². The molecule has 0 bridgehead atoms. The van der Waals surface area contributed by atoms with E-state index in [2.05, 4.69) is 25.5 Å². The maximum Gasteiger partial charge on any atom is 0.224 e. The summed E-state index contributed by atoms with van der Waals surface area (Å²) in [6.07, 6.45) is 7.62. The van der Waals surface area contributed by atoms with Crippen molar-refractivity contribution in [3.8, 4) is 0 Å². The van der Waals surface area contributed by atoms with Crippen LogP contribution in [-0.2, 0) is 4.79 Å². The average Bonchev–Trinajstić information content (AvgIpc) is 3.13. The number of carbonyl (C=O) groups excluding carboxylic acids is 1. The highest BCUT2D eigenvalue weighted by molar-refractivity contribution is 5.76. The van der Waals surface area contributed by atoms with Crippen molar-refractivity contribution in [2.45, 2.75) is 25.2 Å². The Hall–Kier alpha value is -3.03. The first kappa shape index (κ1) is 16.4. The van der Waals surface area contributed by atoms with Crippen LogP contribution in [0.4, 0.5) is 5.95 Å². The maximum atomic E-state index is 12.4. The van der Waals surface area contributed by atoms with Gasteiger partial charge in [0.1, 0.15) is 5.82 Å². The summed E-state index contributed by atoms with van der Waals surface area (Å²) in [6, 6.07) is 7.67. The number of nitrogens with one attached hydrogen (secondary N) is 1. The van der Waals surface area contributed by atoms with Crippen LogP contribution in [-0.4, -0.2) is 55.0 Å². The largest absolute Gasteiger partial charge is 0.354 e. The first-order chi connectivity index (χ1) is 12.8. The standard InChI is InChI=1S/C18H21N7O/c26-16(5-10-21-18-19-8-3-9-20-18)24-12-6-14(7-13-24)17-23-22-15-4-1-2-11-25(15)17/h1-4,8-9,11,14H,5-7,10,12-13H2,(H,19,20,21). The van der Waals surface area contributed by atoms with Gasteiger partial charge >= 0.3 is 0 Å². The van der Waals surface area contributed by atoms with Gasteiger partial charge in [0.25, 0.3) is 0 Å². The van der Waals surface area contributed by atoms with Gasteiger partial charge in [0, 0.05) is 50.6 Å². The van der Waals surface area contributed by atoms with Gasteiger partial charge in [-0.15, -0.1) is 10.2 Å². The minimum absolute atomic E-state index is 0.165. The fraction of sp³-hybridized carbons (Fsp3) is 0.389. The molecule has 0 radical (unpaired) electrons. The molecule has 26 heavy (non-hydrogen) atoms. The third-order valence-corrected chi connectivity index (χ3v) is 4.74. The molecule has 4 heterocycles. The molecule has 1 aliphatic rings. The lowest BCUT2D eigenvalue weighted by Gasteiger charge is -2.31. The van der Waals surface area contributed by atoms with E-state index in [1.54, 1.807) is 18.5 Å². The van der Waals surface area contributed by atoms with Crippen LogP contribution in [0.5, 0.6) is 0 Å². The SMILES string of the molecule is O=C(CCNc1ncccn1)N1CCC(c2nnc3ccccn23)CC1. The number of rotatable bonds is 5. The molecule has 1 amide bonds. The maximum absolute atomic E-state index is 12.4. The molecule has 0 aliphatic carbocycles. The first-order valence-electron chi connectivity index (χ1n) is 8.89. The van der Waals surface area contributed by atoms with E-state index in [1.165, 1.54) is 0 Å². The predicted octanol–water partition coefficient (Wildman–Crippen LogP) is 1.73. The molecule has 8 nitrogen and oxygen atoms in total. The third kappa shape index (κ3) is 3.49.